The van der Waals surface area contributed by atoms with Gasteiger partial charge >= 0.3 is 0 Å². The maximum atomic E-state index is 6.27. The molecule has 0 aromatic rings. The molecule has 1 saturated heterocycles. The first-order valence-electron chi connectivity index (χ1n) is 8.48. The van der Waals surface area contributed by atoms with E-state index >= 15 is 0 Å². The van der Waals surface area contributed by atoms with E-state index in [0.717, 1.165) is 6.04 Å². The summed E-state index contributed by atoms with van der Waals surface area (Å²) in [6.45, 7) is 5.75. The number of nitrogens with one attached hydrogen (secondary N) is 1. The highest BCUT2D eigenvalue weighted by Gasteiger charge is 2.40. The van der Waals surface area contributed by atoms with E-state index in [0.29, 0.717) is 11.5 Å². The average Bonchev–Trinajstić information content (AvgIpc) is 3.14. The van der Waals surface area contributed by atoms with Gasteiger partial charge in [-0.1, -0.05) is 19.3 Å². The molecule has 0 spiro atoms. The van der Waals surface area contributed by atoms with Crippen LogP contribution in [-0.2, 0) is 4.74 Å². The van der Waals surface area contributed by atoms with Crippen molar-refractivity contribution in [3.8, 4) is 0 Å². The van der Waals surface area contributed by atoms with Gasteiger partial charge in [-0.25, -0.2) is 0 Å². The van der Waals surface area contributed by atoms with Gasteiger partial charge in [-0.3, -0.25) is 0 Å². The molecule has 2 aliphatic carbocycles. The highest BCUT2D eigenvalue weighted by molar-refractivity contribution is 4.93. The molecular weight excluding hydrogens is 234 g/mol. The Hall–Kier alpha value is -0.0800. The van der Waals surface area contributed by atoms with Gasteiger partial charge in [0.25, 0.3) is 0 Å². The fourth-order valence-electron chi connectivity index (χ4n) is 4.11. The number of ether oxygens (including phenoxy) is 1. The first-order valence-corrected chi connectivity index (χ1v) is 8.48. The van der Waals surface area contributed by atoms with Crippen molar-refractivity contribution < 1.29 is 4.74 Å². The number of rotatable bonds is 5. The van der Waals surface area contributed by atoms with Crippen LogP contribution in [0.15, 0.2) is 0 Å². The van der Waals surface area contributed by atoms with Crippen molar-refractivity contribution in [2.24, 2.45) is 5.41 Å². The van der Waals surface area contributed by atoms with Gasteiger partial charge in [0.2, 0.25) is 0 Å². The maximum Gasteiger partial charge on any atom is 0.0631 e. The zero-order valence-corrected chi connectivity index (χ0v) is 12.8. The van der Waals surface area contributed by atoms with Crippen LogP contribution in [0.2, 0.25) is 0 Å². The predicted octanol–water partition coefficient (Wildman–Crippen LogP) is 4.04. The van der Waals surface area contributed by atoms with Crippen LogP contribution in [0.4, 0.5) is 0 Å². The summed E-state index contributed by atoms with van der Waals surface area (Å²) in [6.07, 6.45) is 14.3. The normalized spacial score (nSPS) is 33.5. The van der Waals surface area contributed by atoms with Crippen molar-refractivity contribution in [1.29, 1.82) is 0 Å². The molecule has 0 aromatic heterocycles. The van der Waals surface area contributed by atoms with E-state index in [2.05, 4.69) is 19.2 Å². The molecule has 3 rings (SSSR count). The molecule has 0 radical (unpaired) electrons. The minimum absolute atomic E-state index is 0.129. The van der Waals surface area contributed by atoms with E-state index in [1.807, 2.05) is 0 Å². The molecule has 1 atom stereocenters. The first kappa shape index (κ1) is 13.9. The van der Waals surface area contributed by atoms with E-state index < -0.39 is 0 Å². The van der Waals surface area contributed by atoms with Crippen molar-refractivity contribution in [1.82, 2.24) is 5.32 Å². The van der Waals surface area contributed by atoms with Crippen LogP contribution in [0.3, 0.4) is 0 Å². The molecule has 2 saturated carbocycles. The summed E-state index contributed by atoms with van der Waals surface area (Å²) in [6, 6.07) is 0.847. The Labute approximate surface area is 118 Å². The van der Waals surface area contributed by atoms with E-state index in [9.17, 15) is 0 Å². The molecule has 3 aliphatic rings. The van der Waals surface area contributed by atoms with E-state index in [1.165, 1.54) is 70.8 Å². The van der Waals surface area contributed by atoms with Crippen LogP contribution < -0.4 is 5.32 Å². The largest absolute Gasteiger partial charge is 0.372 e. The van der Waals surface area contributed by atoms with Crippen molar-refractivity contribution in [2.75, 3.05) is 6.54 Å². The highest BCUT2D eigenvalue weighted by Crippen LogP contribution is 2.44. The standard InChI is InChI=1S/C17H31NO/c1-16(2)11-8-15(19-16)12-17(9-4-3-5-10-17)13-18-14-6-7-14/h14-15,18H,3-13H2,1-2H3. The quantitative estimate of drug-likeness (QED) is 0.810. The van der Waals surface area contributed by atoms with Gasteiger partial charge in [0.1, 0.15) is 0 Å². The van der Waals surface area contributed by atoms with E-state index in [-0.39, 0.29) is 5.60 Å². The first-order chi connectivity index (χ1) is 9.07. The Morgan fingerprint density at radius 3 is 2.32 bits per heavy atom. The van der Waals surface area contributed by atoms with Crippen LogP contribution in [-0.4, -0.2) is 24.3 Å². The van der Waals surface area contributed by atoms with Crippen molar-refractivity contribution >= 4 is 0 Å². The van der Waals surface area contributed by atoms with Crippen LogP contribution in [0.25, 0.3) is 0 Å². The van der Waals surface area contributed by atoms with Gasteiger partial charge < -0.3 is 10.1 Å². The predicted molar refractivity (Wildman–Crippen MR) is 79.3 cm³/mol. The van der Waals surface area contributed by atoms with Crippen molar-refractivity contribution in [3.63, 3.8) is 0 Å². The zero-order valence-electron chi connectivity index (χ0n) is 12.8. The molecule has 2 heteroatoms. The van der Waals surface area contributed by atoms with Gasteiger partial charge in [0, 0.05) is 12.6 Å². The minimum Gasteiger partial charge on any atom is -0.372 e. The summed E-state index contributed by atoms with van der Waals surface area (Å²) in [7, 11) is 0. The van der Waals surface area contributed by atoms with Gasteiger partial charge in [-0.15, -0.1) is 0 Å². The highest BCUT2D eigenvalue weighted by atomic mass is 16.5. The van der Waals surface area contributed by atoms with Crippen molar-refractivity contribution in [3.05, 3.63) is 0 Å². The van der Waals surface area contributed by atoms with E-state index in [1.54, 1.807) is 0 Å². The number of hydrogen-bond acceptors (Lipinski definition) is 2. The lowest BCUT2D eigenvalue weighted by Crippen LogP contribution is -2.40. The lowest BCUT2D eigenvalue weighted by Gasteiger charge is -2.40. The molecule has 1 heterocycles. The summed E-state index contributed by atoms with van der Waals surface area (Å²) in [5.41, 5.74) is 0.677. The van der Waals surface area contributed by atoms with Crippen LogP contribution in [0.1, 0.15) is 78.1 Å². The molecule has 1 unspecified atom stereocenters. The van der Waals surface area contributed by atoms with Gasteiger partial charge in [-0.05, 0) is 64.2 Å². The molecule has 3 fully saturated rings. The molecule has 110 valence electrons. The molecule has 0 bridgehead atoms. The van der Waals surface area contributed by atoms with Crippen LogP contribution in [0, 0.1) is 5.41 Å². The second-order valence-corrected chi connectivity index (χ2v) is 7.96. The third-order valence-corrected chi connectivity index (χ3v) is 5.47. The second-order valence-electron chi connectivity index (χ2n) is 7.96. The topological polar surface area (TPSA) is 21.3 Å². The molecule has 0 amide bonds. The summed E-state index contributed by atoms with van der Waals surface area (Å²) in [5.74, 6) is 0. The summed E-state index contributed by atoms with van der Waals surface area (Å²) in [5, 5.41) is 3.81. The third kappa shape index (κ3) is 3.72. The summed E-state index contributed by atoms with van der Waals surface area (Å²) >= 11 is 0. The van der Waals surface area contributed by atoms with Gasteiger partial charge in [0.15, 0.2) is 0 Å². The van der Waals surface area contributed by atoms with Crippen molar-refractivity contribution in [2.45, 2.75) is 95.8 Å². The minimum atomic E-state index is 0.129. The lowest BCUT2D eigenvalue weighted by molar-refractivity contribution is -0.0409. The Bertz CT molecular complexity index is 302. The summed E-state index contributed by atoms with van der Waals surface area (Å²) < 4.78 is 6.27. The monoisotopic (exact) mass is 265 g/mol. The van der Waals surface area contributed by atoms with E-state index in [4.69, 9.17) is 4.74 Å². The SMILES string of the molecule is CC1(C)CCC(CC2(CNC3CC3)CCCCC2)O1. The Morgan fingerprint density at radius 1 is 1.00 bits per heavy atom. The van der Waals surface area contributed by atoms with Gasteiger partial charge in [0.05, 0.1) is 11.7 Å². The maximum absolute atomic E-state index is 6.27. The average molecular weight is 265 g/mol. The molecule has 0 aromatic carbocycles. The smallest absolute Gasteiger partial charge is 0.0631 e. The molecule has 1 N–H and O–H groups in total. The van der Waals surface area contributed by atoms with Crippen LogP contribution >= 0.6 is 0 Å². The second kappa shape index (κ2) is 5.37. The Kier molecular flexibility index (Phi) is 3.92. The summed E-state index contributed by atoms with van der Waals surface area (Å²) in [4.78, 5) is 0. The third-order valence-electron chi connectivity index (χ3n) is 5.47. The van der Waals surface area contributed by atoms with Crippen LogP contribution in [0.5, 0.6) is 0 Å². The lowest BCUT2D eigenvalue weighted by atomic mass is 9.70. The fourth-order valence-corrected chi connectivity index (χ4v) is 4.11. The Balaban J connectivity index is 1.58. The molecule has 19 heavy (non-hydrogen) atoms. The number of hydrogen-bond donors (Lipinski definition) is 1. The molecule has 2 nitrogen and oxygen atoms in total. The zero-order chi connectivity index (χ0) is 13.3. The van der Waals surface area contributed by atoms with Gasteiger partial charge in [-0.2, -0.15) is 0 Å². The molecule has 1 aliphatic heterocycles. The molecular formula is C17H31NO. The fraction of sp³-hybridized carbons (Fsp3) is 1.00. The Morgan fingerprint density at radius 2 is 1.74 bits per heavy atom.